The molecule has 0 saturated carbocycles. The first-order valence-electron chi connectivity index (χ1n) is 5.58. The second kappa shape index (κ2) is 3.79. The molecule has 0 fully saturated rings. The summed E-state index contributed by atoms with van der Waals surface area (Å²) in [6.45, 7) is 4.16. The van der Waals surface area contributed by atoms with E-state index >= 15 is 0 Å². The summed E-state index contributed by atoms with van der Waals surface area (Å²) < 4.78 is 0. The van der Waals surface area contributed by atoms with Crippen LogP contribution in [0.15, 0.2) is 29.3 Å². The summed E-state index contributed by atoms with van der Waals surface area (Å²) in [6.07, 6.45) is 0.947. The molecule has 5 N–H and O–H groups in total. The summed E-state index contributed by atoms with van der Waals surface area (Å²) in [5.41, 5.74) is 14.1. The van der Waals surface area contributed by atoms with Gasteiger partial charge in [-0.15, -0.1) is 0 Å². The van der Waals surface area contributed by atoms with Crippen molar-refractivity contribution in [3.63, 3.8) is 0 Å². The van der Waals surface area contributed by atoms with Gasteiger partial charge in [-0.2, -0.15) is 0 Å². The lowest BCUT2D eigenvalue weighted by atomic mass is 9.97. The number of hydrogen-bond acceptors (Lipinski definition) is 4. The molecule has 1 aromatic carbocycles. The van der Waals surface area contributed by atoms with Gasteiger partial charge in [0.25, 0.3) is 0 Å². The van der Waals surface area contributed by atoms with Crippen molar-refractivity contribution in [3.05, 3.63) is 29.8 Å². The molecule has 0 aromatic heterocycles. The number of aliphatic imine (C=N–C) groups is 1. The molecule has 1 aliphatic rings. The van der Waals surface area contributed by atoms with Crippen LogP contribution in [0.3, 0.4) is 0 Å². The third-order valence-corrected chi connectivity index (χ3v) is 3.21. The molecule has 2 unspecified atom stereocenters. The first-order valence-corrected chi connectivity index (χ1v) is 5.58. The summed E-state index contributed by atoms with van der Waals surface area (Å²) in [7, 11) is 0. The minimum Gasteiger partial charge on any atom is -0.383 e. The smallest absolute Gasteiger partial charge is 0.187 e. The number of anilines is 1. The average molecular weight is 218 g/mol. The largest absolute Gasteiger partial charge is 0.383 e. The van der Waals surface area contributed by atoms with Gasteiger partial charge in [-0.05, 0) is 18.6 Å². The number of nitrogens with two attached hydrogens (primary N) is 2. The highest BCUT2D eigenvalue weighted by Crippen LogP contribution is 2.29. The van der Waals surface area contributed by atoms with Crippen molar-refractivity contribution >= 4 is 11.5 Å². The Kier molecular flexibility index (Phi) is 2.59. The molecule has 0 aliphatic carbocycles. The molecule has 16 heavy (non-hydrogen) atoms. The minimum atomic E-state index is -0.785. The van der Waals surface area contributed by atoms with Crippen molar-refractivity contribution in [3.8, 4) is 0 Å². The Hall–Kier alpha value is -1.55. The minimum absolute atomic E-state index is 0.222. The van der Waals surface area contributed by atoms with Gasteiger partial charge < -0.3 is 11.1 Å². The van der Waals surface area contributed by atoms with Crippen molar-refractivity contribution in [1.82, 2.24) is 0 Å². The molecular formula is C12H18N4. The quantitative estimate of drug-likeness (QED) is 0.703. The molecule has 1 aliphatic heterocycles. The highest BCUT2D eigenvalue weighted by Gasteiger charge is 2.34. The molecule has 0 amide bonds. The van der Waals surface area contributed by atoms with Crippen molar-refractivity contribution < 1.29 is 0 Å². The fourth-order valence-electron chi connectivity index (χ4n) is 1.86. The van der Waals surface area contributed by atoms with Gasteiger partial charge in [0.05, 0.1) is 0 Å². The van der Waals surface area contributed by atoms with Gasteiger partial charge in [-0.25, -0.2) is 4.99 Å². The fourth-order valence-corrected chi connectivity index (χ4v) is 1.86. The van der Waals surface area contributed by atoms with Crippen molar-refractivity contribution in [2.75, 3.05) is 5.32 Å². The maximum Gasteiger partial charge on any atom is 0.187 e. The van der Waals surface area contributed by atoms with E-state index in [2.05, 4.69) is 24.2 Å². The predicted octanol–water partition coefficient (Wildman–Crippen LogP) is 1.48. The van der Waals surface area contributed by atoms with Crippen LogP contribution in [-0.2, 0) is 0 Å². The maximum atomic E-state index is 6.24. The van der Waals surface area contributed by atoms with E-state index in [4.69, 9.17) is 11.5 Å². The molecule has 1 aromatic rings. The molecule has 2 atom stereocenters. The standard InChI is InChI=1S/C12H18N4/c1-3-8(2)12(14)15-10-7-5-4-6-9(10)11(13)16-12/h4-8,15H,3,14H2,1-2H3,(H2,13,16). The lowest BCUT2D eigenvalue weighted by Crippen LogP contribution is -2.54. The summed E-state index contributed by atoms with van der Waals surface area (Å²) >= 11 is 0. The number of hydrogen-bond donors (Lipinski definition) is 3. The lowest BCUT2D eigenvalue weighted by Gasteiger charge is -2.37. The Labute approximate surface area is 95.7 Å². The molecule has 0 spiro atoms. The van der Waals surface area contributed by atoms with E-state index < -0.39 is 5.79 Å². The van der Waals surface area contributed by atoms with Gasteiger partial charge in [0, 0.05) is 17.2 Å². The second-order valence-corrected chi connectivity index (χ2v) is 4.30. The van der Waals surface area contributed by atoms with Crippen LogP contribution >= 0.6 is 0 Å². The molecule has 0 bridgehead atoms. The number of rotatable bonds is 2. The highest BCUT2D eigenvalue weighted by molar-refractivity contribution is 6.04. The Morgan fingerprint density at radius 2 is 2.12 bits per heavy atom. The summed E-state index contributed by atoms with van der Waals surface area (Å²) in [5, 5.41) is 3.26. The first kappa shape index (κ1) is 11.0. The number of amidine groups is 1. The summed E-state index contributed by atoms with van der Waals surface area (Å²) in [5.74, 6) is -0.0516. The Bertz CT molecular complexity index is 427. The zero-order chi connectivity index (χ0) is 11.8. The van der Waals surface area contributed by atoms with Gasteiger partial charge in [0.1, 0.15) is 5.84 Å². The lowest BCUT2D eigenvalue weighted by molar-refractivity contribution is 0.331. The van der Waals surface area contributed by atoms with Crippen LogP contribution in [-0.4, -0.2) is 11.6 Å². The predicted molar refractivity (Wildman–Crippen MR) is 67.2 cm³/mol. The molecule has 0 radical (unpaired) electrons. The topological polar surface area (TPSA) is 76.4 Å². The van der Waals surface area contributed by atoms with E-state index in [9.17, 15) is 0 Å². The fraction of sp³-hybridized carbons (Fsp3) is 0.417. The van der Waals surface area contributed by atoms with Crippen LogP contribution in [0.1, 0.15) is 25.8 Å². The van der Waals surface area contributed by atoms with Gasteiger partial charge in [-0.3, -0.25) is 5.73 Å². The Balaban J connectivity index is 2.43. The number of fused-ring (bicyclic) bond motifs is 1. The van der Waals surface area contributed by atoms with E-state index in [1.54, 1.807) is 0 Å². The number of para-hydroxylation sites is 1. The zero-order valence-electron chi connectivity index (χ0n) is 9.70. The van der Waals surface area contributed by atoms with Crippen LogP contribution < -0.4 is 16.8 Å². The van der Waals surface area contributed by atoms with Gasteiger partial charge in [0.2, 0.25) is 0 Å². The SMILES string of the molecule is CCC(C)C1(N)N=C(N)c2ccccc2N1. The van der Waals surface area contributed by atoms with Crippen LogP contribution in [0.4, 0.5) is 5.69 Å². The normalized spacial score (nSPS) is 25.3. The van der Waals surface area contributed by atoms with Crippen LogP contribution in [0.25, 0.3) is 0 Å². The average Bonchev–Trinajstić information content (AvgIpc) is 2.27. The van der Waals surface area contributed by atoms with Crippen LogP contribution in [0, 0.1) is 5.92 Å². The van der Waals surface area contributed by atoms with E-state index in [0.29, 0.717) is 5.84 Å². The second-order valence-electron chi connectivity index (χ2n) is 4.30. The van der Waals surface area contributed by atoms with Crippen molar-refractivity contribution in [1.29, 1.82) is 0 Å². The summed E-state index contributed by atoms with van der Waals surface area (Å²) in [6, 6.07) is 7.81. The van der Waals surface area contributed by atoms with Gasteiger partial charge in [-0.1, -0.05) is 26.0 Å². The number of nitrogens with zero attached hydrogens (tertiary/aromatic N) is 1. The monoisotopic (exact) mass is 218 g/mol. The first-order chi connectivity index (χ1) is 7.57. The molecule has 4 heteroatoms. The molecule has 4 nitrogen and oxygen atoms in total. The number of nitrogens with one attached hydrogen (secondary N) is 1. The van der Waals surface area contributed by atoms with Gasteiger partial charge in [0.15, 0.2) is 5.79 Å². The zero-order valence-corrected chi connectivity index (χ0v) is 9.70. The maximum absolute atomic E-state index is 6.24. The number of benzene rings is 1. The summed E-state index contributed by atoms with van der Waals surface area (Å²) in [4.78, 5) is 4.39. The Morgan fingerprint density at radius 3 is 2.81 bits per heavy atom. The van der Waals surface area contributed by atoms with Gasteiger partial charge >= 0.3 is 0 Å². The van der Waals surface area contributed by atoms with E-state index in [1.165, 1.54) is 0 Å². The van der Waals surface area contributed by atoms with Crippen molar-refractivity contribution in [2.45, 2.75) is 26.1 Å². The molecule has 1 heterocycles. The van der Waals surface area contributed by atoms with Crippen molar-refractivity contribution in [2.24, 2.45) is 22.4 Å². The molecule has 2 rings (SSSR count). The van der Waals surface area contributed by atoms with E-state index in [1.807, 2.05) is 24.3 Å². The molecule has 86 valence electrons. The van der Waals surface area contributed by atoms with Crippen LogP contribution in [0.5, 0.6) is 0 Å². The third kappa shape index (κ3) is 1.65. The highest BCUT2D eigenvalue weighted by atomic mass is 15.3. The van der Waals surface area contributed by atoms with E-state index in [0.717, 1.165) is 17.7 Å². The molecule has 0 saturated heterocycles. The van der Waals surface area contributed by atoms with E-state index in [-0.39, 0.29) is 5.92 Å². The molecular weight excluding hydrogens is 200 g/mol. The Morgan fingerprint density at radius 1 is 1.44 bits per heavy atom. The third-order valence-electron chi connectivity index (χ3n) is 3.21. The van der Waals surface area contributed by atoms with Crippen LogP contribution in [0.2, 0.25) is 0 Å².